The van der Waals surface area contributed by atoms with Crippen molar-refractivity contribution in [3.05, 3.63) is 29.3 Å². The summed E-state index contributed by atoms with van der Waals surface area (Å²) in [4.78, 5) is 0. The van der Waals surface area contributed by atoms with Gasteiger partial charge in [-0.1, -0.05) is 26.8 Å². The van der Waals surface area contributed by atoms with Gasteiger partial charge in [-0.2, -0.15) is 0 Å². The summed E-state index contributed by atoms with van der Waals surface area (Å²) in [5, 5.41) is 3.02. The molecule has 0 aromatic heterocycles. The summed E-state index contributed by atoms with van der Waals surface area (Å²) < 4.78 is 5.38. The maximum Gasteiger partial charge on any atom is 0.122 e. The maximum atomic E-state index is 6.16. The minimum atomic E-state index is -0.160. The van der Waals surface area contributed by atoms with Gasteiger partial charge in [0.15, 0.2) is 0 Å². The molecule has 0 amide bonds. The first-order valence-corrected chi connectivity index (χ1v) is 5.83. The van der Waals surface area contributed by atoms with Crippen molar-refractivity contribution < 1.29 is 4.74 Å². The highest BCUT2D eigenvalue weighted by Crippen LogP contribution is 2.33. The van der Waals surface area contributed by atoms with Gasteiger partial charge in [-0.3, -0.25) is 0 Å². The summed E-state index contributed by atoms with van der Waals surface area (Å²) >= 11 is 6.16. The van der Waals surface area contributed by atoms with Crippen LogP contribution in [0.4, 0.5) is 0 Å². The third kappa shape index (κ3) is 2.89. The quantitative estimate of drug-likeness (QED) is 0.647. The minimum Gasteiger partial charge on any atom is -0.496 e. The van der Waals surface area contributed by atoms with Gasteiger partial charge < -0.3 is 10.1 Å². The van der Waals surface area contributed by atoms with Crippen molar-refractivity contribution in [2.45, 2.75) is 31.7 Å². The molecule has 0 heterocycles. The van der Waals surface area contributed by atoms with E-state index in [1.165, 1.54) is 5.56 Å². The molecule has 1 rings (SSSR count). The summed E-state index contributed by atoms with van der Waals surface area (Å²) in [6, 6.07) is 6.07. The molecule has 0 spiro atoms. The second kappa shape index (κ2) is 5.07. The van der Waals surface area contributed by atoms with Crippen molar-refractivity contribution in [2.75, 3.05) is 14.2 Å². The zero-order valence-corrected chi connectivity index (χ0v) is 11.4. The predicted octanol–water partition coefficient (Wildman–Crippen LogP) is 3.45. The lowest BCUT2D eigenvalue weighted by atomic mass is 9.85. The number of methoxy groups -OCH3 is 1. The maximum absolute atomic E-state index is 6.16. The summed E-state index contributed by atoms with van der Waals surface area (Å²) in [5.74, 6) is 0.913. The molecule has 3 heteroatoms. The largest absolute Gasteiger partial charge is 0.496 e. The summed E-state index contributed by atoms with van der Waals surface area (Å²) in [6.45, 7) is 6.49. The molecular weight excluding hydrogens is 222 g/mol. The van der Waals surface area contributed by atoms with Crippen LogP contribution in [-0.4, -0.2) is 14.2 Å². The molecule has 1 unspecified atom stereocenters. The average Bonchev–Trinajstić information content (AvgIpc) is 2.26. The van der Waals surface area contributed by atoms with E-state index in [0.29, 0.717) is 0 Å². The van der Waals surface area contributed by atoms with Crippen LogP contribution in [0.25, 0.3) is 0 Å². The average molecular weight is 242 g/mol. The molecule has 16 heavy (non-hydrogen) atoms. The van der Waals surface area contributed by atoms with E-state index in [1.54, 1.807) is 7.11 Å². The monoisotopic (exact) mass is 241 g/mol. The van der Waals surface area contributed by atoms with Crippen molar-refractivity contribution >= 4 is 11.6 Å². The zero-order valence-electron chi connectivity index (χ0n) is 10.6. The van der Waals surface area contributed by atoms with E-state index >= 15 is 0 Å². The number of benzene rings is 1. The molecule has 1 N–H and O–H groups in total. The van der Waals surface area contributed by atoms with Gasteiger partial charge in [0.1, 0.15) is 11.3 Å². The standard InChI is InChI=1S/C13H20ClNO/c1-13(2,3)10-8-9(12(14)15-4)6-7-11(10)16-5/h6-8,12,15H,1-5H3. The van der Waals surface area contributed by atoms with Crippen LogP contribution in [0.15, 0.2) is 18.2 Å². The van der Waals surface area contributed by atoms with Gasteiger partial charge in [0, 0.05) is 0 Å². The number of hydrogen-bond donors (Lipinski definition) is 1. The number of nitrogens with one attached hydrogen (secondary N) is 1. The Morgan fingerprint density at radius 3 is 2.38 bits per heavy atom. The number of hydrogen-bond acceptors (Lipinski definition) is 2. The second-order valence-electron chi connectivity index (χ2n) is 4.86. The molecule has 0 aliphatic heterocycles. The topological polar surface area (TPSA) is 21.3 Å². The molecule has 0 aliphatic carbocycles. The molecule has 0 radical (unpaired) electrons. The van der Waals surface area contributed by atoms with Gasteiger partial charge in [0.25, 0.3) is 0 Å². The van der Waals surface area contributed by atoms with Crippen LogP contribution >= 0.6 is 11.6 Å². The van der Waals surface area contributed by atoms with Crippen LogP contribution in [0.5, 0.6) is 5.75 Å². The molecule has 2 nitrogen and oxygen atoms in total. The third-order valence-corrected chi connectivity index (χ3v) is 3.05. The lowest BCUT2D eigenvalue weighted by Crippen LogP contribution is -2.15. The van der Waals surface area contributed by atoms with E-state index in [4.69, 9.17) is 16.3 Å². The highest BCUT2D eigenvalue weighted by atomic mass is 35.5. The van der Waals surface area contributed by atoms with Crippen LogP contribution < -0.4 is 10.1 Å². The van der Waals surface area contributed by atoms with Gasteiger partial charge in [0.05, 0.1) is 7.11 Å². The van der Waals surface area contributed by atoms with Gasteiger partial charge in [-0.05, 0) is 35.7 Å². The highest BCUT2D eigenvalue weighted by Gasteiger charge is 2.20. The SMILES string of the molecule is CNC(Cl)c1ccc(OC)c(C(C)(C)C)c1. The van der Waals surface area contributed by atoms with Crippen LogP contribution in [0.1, 0.15) is 37.4 Å². The molecule has 1 aromatic carbocycles. The normalized spacial score (nSPS) is 13.6. The van der Waals surface area contributed by atoms with Gasteiger partial charge in [-0.25, -0.2) is 0 Å². The summed E-state index contributed by atoms with van der Waals surface area (Å²) in [5.41, 5.74) is 2.13. The zero-order chi connectivity index (χ0) is 12.3. The van der Waals surface area contributed by atoms with Crippen molar-refractivity contribution in [3.63, 3.8) is 0 Å². The third-order valence-electron chi connectivity index (χ3n) is 2.58. The van der Waals surface area contributed by atoms with E-state index in [-0.39, 0.29) is 10.9 Å². The van der Waals surface area contributed by atoms with Gasteiger partial charge in [0.2, 0.25) is 0 Å². The van der Waals surface area contributed by atoms with Crippen molar-refractivity contribution in [1.82, 2.24) is 5.32 Å². The van der Waals surface area contributed by atoms with Crippen LogP contribution in [-0.2, 0) is 5.41 Å². The molecule has 0 fully saturated rings. The smallest absolute Gasteiger partial charge is 0.122 e. The molecule has 0 bridgehead atoms. The number of rotatable bonds is 3. The minimum absolute atomic E-state index is 0.0473. The van der Waals surface area contributed by atoms with Gasteiger partial charge in [-0.15, -0.1) is 11.6 Å². The lowest BCUT2D eigenvalue weighted by Gasteiger charge is -2.23. The van der Waals surface area contributed by atoms with Gasteiger partial charge >= 0.3 is 0 Å². The predicted molar refractivity (Wildman–Crippen MR) is 69.3 cm³/mol. The highest BCUT2D eigenvalue weighted by molar-refractivity contribution is 6.20. The Labute approximate surface area is 103 Å². The number of halogens is 1. The van der Waals surface area contributed by atoms with Crippen LogP contribution in [0.3, 0.4) is 0 Å². The lowest BCUT2D eigenvalue weighted by molar-refractivity contribution is 0.397. The molecule has 1 atom stereocenters. The molecular formula is C13H20ClNO. The van der Waals surface area contributed by atoms with Crippen molar-refractivity contribution in [1.29, 1.82) is 0 Å². The Bertz CT molecular complexity index is 357. The van der Waals surface area contributed by atoms with Crippen LogP contribution in [0, 0.1) is 0 Å². The fourth-order valence-electron chi connectivity index (χ4n) is 1.64. The second-order valence-corrected chi connectivity index (χ2v) is 5.30. The molecule has 1 aromatic rings. The first kappa shape index (κ1) is 13.3. The summed E-state index contributed by atoms with van der Waals surface area (Å²) in [7, 11) is 3.54. The van der Waals surface area contributed by atoms with E-state index in [9.17, 15) is 0 Å². The molecule has 90 valence electrons. The Balaban J connectivity index is 3.22. The van der Waals surface area contributed by atoms with Crippen molar-refractivity contribution in [3.8, 4) is 5.75 Å². The first-order chi connectivity index (χ1) is 7.40. The molecule has 0 aliphatic rings. The fourth-order valence-corrected chi connectivity index (χ4v) is 1.77. The number of ether oxygens (including phenoxy) is 1. The van der Waals surface area contributed by atoms with E-state index in [2.05, 4.69) is 32.2 Å². The van der Waals surface area contributed by atoms with E-state index < -0.39 is 0 Å². The number of alkyl halides is 1. The first-order valence-electron chi connectivity index (χ1n) is 5.40. The Kier molecular flexibility index (Phi) is 4.22. The molecule has 0 saturated carbocycles. The Morgan fingerprint density at radius 1 is 1.31 bits per heavy atom. The fraction of sp³-hybridized carbons (Fsp3) is 0.538. The van der Waals surface area contributed by atoms with Crippen LogP contribution in [0.2, 0.25) is 0 Å². The Morgan fingerprint density at radius 2 is 1.94 bits per heavy atom. The van der Waals surface area contributed by atoms with E-state index in [1.807, 2.05) is 19.2 Å². The molecule has 0 saturated heterocycles. The van der Waals surface area contributed by atoms with Crippen molar-refractivity contribution in [2.24, 2.45) is 0 Å². The summed E-state index contributed by atoms with van der Waals surface area (Å²) in [6.07, 6.45) is 0. The Hall–Kier alpha value is -0.730. The van der Waals surface area contributed by atoms with E-state index in [0.717, 1.165) is 11.3 Å².